The third kappa shape index (κ3) is 7.12. The van der Waals surface area contributed by atoms with Gasteiger partial charge in [-0.2, -0.15) is 0 Å². The summed E-state index contributed by atoms with van der Waals surface area (Å²) in [5.41, 5.74) is 0.305. The molecule has 6 nitrogen and oxygen atoms in total. The van der Waals surface area contributed by atoms with Gasteiger partial charge in [0.15, 0.2) is 5.69 Å². The summed E-state index contributed by atoms with van der Waals surface area (Å²) in [6, 6.07) is 0. The van der Waals surface area contributed by atoms with E-state index in [-0.39, 0.29) is 11.8 Å². The lowest BCUT2D eigenvalue weighted by atomic mass is 9.97. The SMILES string of the molecule is CCCCC(CC)C(=O)N(CCOC)Cc1nc(C(=O)OCC)cs1. The van der Waals surface area contributed by atoms with Gasteiger partial charge in [0.25, 0.3) is 0 Å². The Morgan fingerprint density at radius 2 is 2.08 bits per heavy atom. The van der Waals surface area contributed by atoms with E-state index in [1.165, 1.54) is 11.3 Å². The van der Waals surface area contributed by atoms with Crippen LogP contribution in [0.25, 0.3) is 0 Å². The molecule has 0 spiro atoms. The number of methoxy groups -OCH3 is 1. The molecule has 1 aromatic rings. The van der Waals surface area contributed by atoms with E-state index in [1.54, 1.807) is 24.3 Å². The Morgan fingerprint density at radius 1 is 1.32 bits per heavy atom. The summed E-state index contributed by atoms with van der Waals surface area (Å²) >= 11 is 1.37. The molecule has 0 aliphatic carbocycles. The summed E-state index contributed by atoms with van der Waals surface area (Å²) in [7, 11) is 1.62. The number of carbonyl (C=O) groups excluding carboxylic acids is 2. The van der Waals surface area contributed by atoms with Crippen molar-refractivity contribution in [2.24, 2.45) is 5.92 Å². The molecule has 142 valence electrons. The number of amides is 1. The lowest BCUT2D eigenvalue weighted by molar-refractivity contribution is -0.137. The largest absolute Gasteiger partial charge is 0.461 e. The molecule has 1 rings (SSSR count). The number of ether oxygens (including phenoxy) is 2. The first-order valence-corrected chi connectivity index (χ1v) is 9.84. The maximum absolute atomic E-state index is 12.9. The highest BCUT2D eigenvalue weighted by atomic mass is 32.1. The van der Waals surface area contributed by atoms with Gasteiger partial charge >= 0.3 is 5.97 Å². The molecule has 0 bridgehead atoms. The molecule has 1 atom stereocenters. The van der Waals surface area contributed by atoms with Crippen molar-refractivity contribution < 1.29 is 19.1 Å². The molecule has 0 saturated heterocycles. The topological polar surface area (TPSA) is 68.7 Å². The third-order valence-electron chi connectivity index (χ3n) is 3.99. The predicted octanol–water partition coefficient (Wildman–Crippen LogP) is 3.51. The Morgan fingerprint density at radius 3 is 2.68 bits per heavy atom. The number of hydrogen-bond acceptors (Lipinski definition) is 6. The normalized spacial score (nSPS) is 12.0. The number of thiazole rings is 1. The van der Waals surface area contributed by atoms with Crippen LogP contribution in [0.1, 0.15) is 62.0 Å². The monoisotopic (exact) mass is 370 g/mol. The molecule has 1 heterocycles. The molecular weight excluding hydrogens is 340 g/mol. The minimum Gasteiger partial charge on any atom is -0.461 e. The van der Waals surface area contributed by atoms with Crippen LogP contribution in [0.2, 0.25) is 0 Å². The van der Waals surface area contributed by atoms with Crippen LogP contribution in [0.3, 0.4) is 0 Å². The van der Waals surface area contributed by atoms with Gasteiger partial charge in [-0.1, -0.05) is 26.7 Å². The molecule has 1 aromatic heterocycles. The minimum atomic E-state index is -0.422. The molecule has 0 aromatic carbocycles. The zero-order valence-corrected chi connectivity index (χ0v) is 16.6. The second-order valence-electron chi connectivity index (χ2n) is 5.85. The van der Waals surface area contributed by atoms with E-state index in [2.05, 4.69) is 18.8 Å². The van der Waals surface area contributed by atoms with Gasteiger partial charge in [0.1, 0.15) is 5.01 Å². The average Bonchev–Trinajstić information content (AvgIpc) is 3.08. The van der Waals surface area contributed by atoms with Crippen molar-refractivity contribution in [2.45, 2.75) is 53.0 Å². The second kappa shape index (κ2) is 12.0. The van der Waals surface area contributed by atoms with E-state index < -0.39 is 5.97 Å². The molecule has 1 amide bonds. The van der Waals surface area contributed by atoms with Crippen molar-refractivity contribution in [1.82, 2.24) is 9.88 Å². The molecule has 0 radical (unpaired) electrons. The Kier molecular flexibility index (Phi) is 10.3. The van der Waals surface area contributed by atoms with Crippen molar-refractivity contribution in [2.75, 3.05) is 26.9 Å². The van der Waals surface area contributed by atoms with Crippen molar-refractivity contribution in [3.63, 3.8) is 0 Å². The molecule has 0 fully saturated rings. The summed E-state index contributed by atoms with van der Waals surface area (Å²) < 4.78 is 10.1. The van der Waals surface area contributed by atoms with Gasteiger partial charge in [0, 0.05) is 25.0 Å². The van der Waals surface area contributed by atoms with E-state index in [1.807, 2.05) is 0 Å². The molecule has 0 aliphatic rings. The lowest BCUT2D eigenvalue weighted by Gasteiger charge is -2.26. The summed E-state index contributed by atoms with van der Waals surface area (Å²) in [6.07, 6.45) is 3.86. The fraction of sp³-hybridized carbons (Fsp3) is 0.722. The number of aromatic nitrogens is 1. The van der Waals surface area contributed by atoms with Gasteiger partial charge in [-0.15, -0.1) is 11.3 Å². The predicted molar refractivity (Wildman–Crippen MR) is 98.7 cm³/mol. The first-order chi connectivity index (χ1) is 12.1. The van der Waals surface area contributed by atoms with Crippen molar-refractivity contribution in [3.05, 3.63) is 16.1 Å². The Balaban J connectivity index is 2.81. The fourth-order valence-corrected chi connectivity index (χ4v) is 3.30. The number of carbonyl (C=O) groups is 2. The standard InChI is InChI=1S/C18H30N2O4S/c1-5-8-9-14(6-2)17(21)20(10-11-23-4)12-16-19-15(13-25-16)18(22)24-7-3/h13-14H,5-12H2,1-4H3. The van der Waals surface area contributed by atoms with Crippen LogP contribution in [-0.2, 0) is 20.8 Å². The van der Waals surface area contributed by atoms with E-state index in [9.17, 15) is 9.59 Å². The van der Waals surface area contributed by atoms with Gasteiger partial charge in [-0.05, 0) is 19.8 Å². The molecule has 7 heteroatoms. The summed E-state index contributed by atoms with van der Waals surface area (Å²) in [4.78, 5) is 30.7. The fourth-order valence-electron chi connectivity index (χ4n) is 2.53. The van der Waals surface area contributed by atoms with E-state index in [4.69, 9.17) is 9.47 Å². The highest BCUT2D eigenvalue weighted by Crippen LogP contribution is 2.19. The Bertz CT molecular complexity index is 533. The number of rotatable bonds is 12. The maximum Gasteiger partial charge on any atom is 0.357 e. The van der Waals surface area contributed by atoms with E-state index in [0.717, 1.165) is 30.7 Å². The van der Waals surface area contributed by atoms with Crippen LogP contribution < -0.4 is 0 Å². The smallest absolute Gasteiger partial charge is 0.357 e. The molecule has 1 unspecified atom stereocenters. The van der Waals surface area contributed by atoms with Gasteiger partial charge in [-0.25, -0.2) is 9.78 Å². The van der Waals surface area contributed by atoms with Crippen molar-refractivity contribution >= 4 is 23.2 Å². The number of hydrogen-bond donors (Lipinski definition) is 0. The second-order valence-corrected chi connectivity index (χ2v) is 6.79. The first-order valence-electron chi connectivity index (χ1n) is 8.96. The van der Waals surface area contributed by atoms with Gasteiger partial charge in [-0.3, -0.25) is 4.79 Å². The quantitative estimate of drug-likeness (QED) is 0.527. The maximum atomic E-state index is 12.9. The number of unbranched alkanes of at least 4 members (excludes halogenated alkanes) is 1. The highest BCUT2D eigenvalue weighted by molar-refractivity contribution is 7.09. The summed E-state index contributed by atoms with van der Waals surface area (Å²) in [5.74, 6) is -0.253. The average molecular weight is 371 g/mol. The lowest BCUT2D eigenvalue weighted by Crippen LogP contribution is -2.37. The molecule has 0 N–H and O–H groups in total. The number of esters is 1. The van der Waals surface area contributed by atoms with Crippen LogP contribution in [0, 0.1) is 5.92 Å². The van der Waals surface area contributed by atoms with Gasteiger partial charge < -0.3 is 14.4 Å². The molecular formula is C18H30N2O4S. The van der Waals surface area contributed by atoms with Gasteiger partial charge in [0.2, 0.25) is 5.91 Å². The van der Waals surface area contributed by atoms with Crippen molar-refractivity contribution in [3.8, 4) is 0 Å². The van der Waals surface area contributed by atoms with Crippen LogP contribution >= 0.6 is 11.3 Å². The zero-order chi connectivity index (χ0) is 18.7. The molecule has 0 saturated carbocycles. The van der Waals surface area contributed by atoms with Gasteiger partial charge in [0.05, 0.1) is 19.8 Å². The highest BCUT2D eigenvalue weighted by Gasteiger charge is 2.24. The minimum absolute atomic E-state index is 0.0290. The first kappa shape index (κ1) is 21.6. The molecule has 25 heavy (non-hydrogen) atoms. The zero-order valence-electron chi connectivity index (χ0n) is 15.7. The molecule has 0 aliphatic heterocycles. The van der Waals surface area contributed by atoms with Crippen LogP contribution in [-0.4, -0.2) is 48.6 Å². The summed E-state index contributed by atoms with van der Waals surface area (Å²) in [5, 5.41) is 2.42. The van der Waals surface area contributed by atoms with Crippen LogP contribution in [0.4, 0.5) is 0 Å². The number of nitrogens with zero attached hydrogens (tertiary/aromatic N) is 2. The van der Waals surface area contributed by atoms with Crippen molar-refractivity contribution in [1.29, 1.82) is 0 Å². The van der Waals surface area contributed by atoms with Crippen LogP contribution in [0.15, 0.2) is 5.38 Å². The Hall–Kier alpha value is -1.47. The van der Waals surface area contributed by atoms with E-state index in [0.29, 0.717) is 32.0 Å². The Labute approximate surface area is 154 Å². The van der Waals surface area contributed by atoms with E-state index >= 15 is 0 Å². The van der Waals surface area contributed by atoms with Crippen LogP contribution in [0.5, 0.6) is 0 Å². The third-order valence-corrected chi connectivity index (χ3v) is 4.82. The summed E-state index contributed by atoms with van der Waals surface area (Å²) in [6.45, 7) is 7.66.